The molecule has 1 aromatic carbocycles. The Morgan fingerprint density at radius 3 is 2.63 bits per heavy atom. The van der Waals surface area contributed by atoms with Crippen LogP contribution in [0.25, 0.3) is 0 Å². The molecule has 2 aliphatic heterocycles. The maximum Gasteiger partial charge on any atom is 0.190 e. The normalized spacial score (nSPS) is 21.1. The number of hydrogen-bond donors (Lipinski definition) is 2. The van der Waals surface area contributed by atoms with Crippen LogP contribution >= 0.6 is 0 Å². The fourth-order valence-electron chi connectivity index (χ4n) is 4.11. The van der Waals surface area contributed by atoms with Gasteiger partial charge in [0, 0.05) is 45.8 Å². The highest BCUT2D eigenvalue weighted by molar-refractivity contribution is 5.79. The van der Waals surface area contributed by atoms with Gasteiger partial charge < -0.3 is 20.1 Å². The lowest BCUT2D eigenvalue weighted by molar-refractivity contribution is 0.0888. The van der Waals surface area contributed by atoms with E-state index in [1.807, 2.05) is 7.05 Å². The number of rotatable bonds is 10. The topological polar surface area (TPSA) is 58.1 Å². The van der Waals surface area contributed by atoms with E-state index in [-0.39, 0.29) is 0 Å². The molecular formula is C24H40N4O2. The Balaban J connectivity index is 1.22. The van der Waals surface area contributed by atoms with Crippen LogP contribution in [0.2, 0.25) is 0 Å². The summed E-state index contributed by atoms with van der Waals surface area (Å²) in [6, 6.07) is 8.93. The highest BCUT2D eigenvalue weighted by Gasteiger charge is 2.19. The number of nitrogens with zero attached hydrogens (tertiary/aromatic N) is 2. The molecule has 6 nitrogen and oxygen atoms in total. The van der Waals surface area contributed by atoms with Crippen LogP contribution in [0.4, 0.5) is 0 Å². The number of aryl methyl sites for hydroxylation is 1. The van der Waals surface area contributed by atoms with Crippen molar-refractivity contribution in [1.82, 2.24) is 15.5 Å². The number of benzene rings is 1. The molecule has 168 valence electrons. The molecule has 0 spiro atoms. The Hall–Kier alpha value is -1.63. The summed E-state index contributed by atoms with van der Waals surface area (Å²) in [6.07, 6.45) is 4.62. The van der Waals surface area contributed by atoms with Crippen molar-refractivity contribution in [2.75, 3.05) is 59.7 Å². The fraction of sp³-hybridized carbons (Fsp3) is 0.708. The molecular weight excluding hydrogens is 376 g/mol. The third-order valence-corrected chi connectivity index (χ3v) is 6.15. The van der Waals surface area contributed by atoms with Gasteiger partial charge in [-0.2, -0.15) is 0 Å². The van der Waals surface area contributed by atoms with Gasteiger partial charge in [-0.25, -0.2) is 0 Å². The second kappa shape index (κ2) is 12.9. The van der Waals surface area contributed by atoms with E-state index in [0.29, 0.717) is 5.92 Å². The maximum absolute atomic E-state index is 5.76. The highest BCUT2D eigenvalue weighted by Crippen LogP contribution is 2.18. The molecule has 2 N–H and O–H groups in total. The molecule has 0 bridgehead atoms. The van der Waals surface area contributed by atoms with Crippen molar-refractivity contribution in [2.24, 2.45) is 16.8 Å². The standard InChI is InChI=1S/C24H40N4O2/c1-20-4-6-22(7-5-20)17-28-12-8-21(9-13-28)16-27-24(25-2)26-11-3-14-29-18-23-10-15-30-19-23/h4-7,21,23H,3,8-19H2,1-2H3,(H2,25,26,27). The maximum atomic E-state index is 5.76. The van der Waals surface area contributed by atoms with E-state index >= 15 is 0 Å². The molecule has 2 heterocycles. The van der Waals surface area contributed by atoms with E-state index in [1.165, 1.54) is 37.1 Å². The van der Waals surface area contributed by atoms with Crippen LogP contribution in [-0.4, -0.2) is 70.5 Å². The van der Waals surface area contributed by atoms with E-state index in [0.717, 1.165) is 70.8 Å². The first kappa shape index (κ1) is 23.0. The van der Waals surface area contributed by atoms with Gasteiger partial charge in [0.15, 0.2) is 5.96 Å². The summed E-state index contributed by atoms with van der Waals surface area (Å²) in [6.45, 7) is 10.8. The van der Waals surface area contributed by atoms with E-state index < -0.39 is 0 Å². The fourth-order valence-corrected chi connectivity index (χ4v) is 4.11. The molecule has 2 saturated heterocycles. The molecule has 0 radical (unpaired) electrons. The van der Waals surface area contributed by atoms with E-state index in [2.05, 4.69) is 51.7 Å². The van der Waals surface area contributed by atoms with Crippen LogP contribution in [0, 0.1) is 18.8 Å². The Morgan fingerprint density at radius 2 is 1.93 bits per heavy atom. The predicted octanol–water partition coefficient (Wildman–Crippen LogP) is 2.82. The predicted molar refractivity (Wildman–Crippen MR) is 123 cm³/mol. The Kier molecular flexibility index (Phi) is 9.93. The summed E-state index contributed by atoms with van der Waals surface area (Å²) in [5, 5.41) is 6.92. The van der Waals surface area contributed by atoms with Gasteiger partial charge in [-0.3, -0.25) is 9.89 Å². The third-order valence-electron chi connectivity index (χ3n) is 6.15. The summed E-state index contributed by atoms with van der Waals surface area (Å²) in [7, 11) is 1.84. The largest absolute Gasteiger partial charge is 0.381 e. The van der Waals surface area contributed by atoms with Gasteiger partial charge in [-0.1, -0.05) is 29.8 Å². The number of piperidine rings is 1. The molecule has 0 saturated carbocycles. The van der Waals surface area contributed by atoms with Gasteiger partial charge in [0.05, 0.1) is 13.2 Å². The summed E-state index contributed by atoms with van der Waals surface area (Å²) >= 11 is 0. The molecule has 1 atom stereocenters. The van der Waals surface area contributed by atoms with Gasteiger partial charge in [0.25, 0.3) is 0 Å². The second-order valence-corrected chi connectivity index (χ2v) is 8.74. The van der Waals surface area contributed by atoms with Crippen LogP contribution in [0.5, 0.6) is 0 Å². The van der Waals surface area contributed by atoms with Crippen LogP contribution in [0.1, 0.15) is 36.8 Å². The van der Waals surface area contributed by atoms with Crippen LogP contribution in [-0.2, 0) is 16.0 Å². The van der Waals surface area contributed by atoms with E-state index in [4.69, 9.17) is 9.47 Å². The molecule has 3 rings (SSSR count). The minimum atomic E-state index is 0.593. The van der Waals surface area contributed by atoms with Gasteiger partial charge in [-0.05, 0) is 57.2 Å². The summed E-state index contributed by atoms with van der Waals surface area (Å²) in [5.74, 6) is 2.21. The number of guanidine groups is 1. The van der Waals surface area contributed by atoms with Crippen molar-refractivity contribution in [3.8, 4) is 0 Å². The second-order valence-electron chi connectivity index (χ2n) is 8.74. The molecule has 2 fully saturated rings. The molecule has 1 aromatic rings. The van der Waals surface area contributed by atoms with Gasteiger partial charge in [-0.15, -0.1) is 0 Å². The average Bonchev–Trinajstić information content (AvgIpc) is 3.29. The number of aliphatic imine (C=N–C) groups is 1. The first-order chi connectivity index (χ1) is 14.7. The number of nitrogens with one attached hydrogen (secondary N) is 2. The molecule has 0 aliphatic carbocycles. The van der Waals surface area contributed by atoms with E-state index in [9.17, 15) is 0 Å². The zero-order valence-electron chi connectivity index (χ0n) is 18.9. The quantitative estimate of drug-likeness (QED) is 0.349. The summed E-state index contributed by atoms with van der Waals surface area (Å²) in [4.78, 5) is 6.93. The Morgan fingerprint density at radius 1 is 1.13 bits per heavy atom. The lowest BCUT2D eigenvalue weighted by atomic mass is 9.96. The average molecular weight is 417 g/mol. The number of ether oxygens (including phenoxy) is 2. The first-order valence-electron chi connectivity index (χ1n) is 11.6. The summed E-state index contributed by atoms with van der Waals surface area (Å²) < 4.78 is 11.1. The zero-order valence-corrected chi connectivity index (χ0v) is 18.9. The minimum absolute atomic E-state index is 0.593. The van der Waals surface area contributed by atoms with Crippen molar-refractivity contribution >= 4 is 5.96 Å². The van der Waals surface area contributed by atoms with Crippen molar-refractivity contribution in [3.05, 3.63) is 35.4 Å². The molecule has 0 aromatic heterocycles. The molecule has 30 heavy (non-hydrogen) atoms. The van der Waals surface area contributed by atoms with Crippen LogP contribution in [0.15, 0.2) is 29.3 Å². The molecule has 2 aliphatic rings. The van der Waals surface area contributed by atoms with Crippen molar-refractivity contribution in [2.45, 2.75) is 39.2 Å². The van der Waals surface area contributed by atoms with Gasteiger partial charge in [0.1, 0.15) is 0 Å². The van der Waals surface area contributed by atoms with Crippen molar-refractivity contribution in [1.29, 1.82) is 0 Å². The first-order valence-corrected chi connectivity index (χ1v) is 11.6. The zero-order chi connectivity index (χ0) is 21.0. The van der Waals surface area contributed by atoms with Gasteiger partial charge >= 0.3 is 0 Å². The van der Waals surface area contributed by atoms with Crippen LogP contribution in [0.3, 0.4) is 0 Å². The van der Waals surface area contributed by atoms with Gasteiger partial charge in [0.2, 0.25) is 0 Å². The molecule has 1 unspecified atom stereocenters. The number of likely N-dealkylation sites (tertiary alicyclic amines) is 1. The van der Waals surface area contributed by atoms with Crippen molar-refractivity contribution < 1.29 is 9.47 Å². The molecule has 6 heteroatoms. The summed E-state index contributed by atoms with van der Waals surface area (Å²) in [5.41, 5.74) is 2.75. The highest BCUT2D eigenvalue weighted by atomic mass is 16.5. The lowest BCUT2D eigenvalue weighted by Gasteiger charge is -2.32. The third kappa shape index (κ3) is 8.25. The SMILES string of the molecule is CN=C(NCCCOCC1CCOC1)NCC1CCN(Cc2ccc(C)cc2)CC1. The Labute approximate surface area is 182 Å². The lowest BCUT2D eigenvalue weighted by Crippen LogP contribution is -2.43. The number of hydrogen-bond acceptors (Lipinski definition) is 4. The minimum Gasteiger partial charge on any atom is -0.381 e. The van der Waals surface area contributed by atoms with Crippen molar-refractivity contribution in [3.63, 3.8) is 0 Å². The smallest absolute Gasteiger partial charge is 0.190 e. The Bertz CT molecular complexity index is 621. The molecule has 0 amide bonds. The monoisotopic (exact) mass is 416 g/mol. The van der Waals surface area contributed by atoms with E-state index in [1.54, 1.807) is 0 Å². The van der Waals surface area contributed by atoms with Crippen LogP contribution < -0.4 is 10.6 Å².